The monoisotopic (exact) mass is 634 g/mol. The largest absolute Gasteiger partial charge is 0.357 e. The molecule has 1 fully saturated rings. The molecular formula is C32H38ClFN9O2+. The summed E-state index contributed by atoms with van der Waals surface area (Å²) in [4.78, 5) is 49.6. The van der Waals surface area contributed by atoms with Gasteiger partial charge in [-0.3, -0.25) is 4.79 Å². The van der Waals surface area contributed by atoms with Gasteiger partial charge in [0.2, 0.25) is 11.9 Å². The van der Waals surface area contributed by atoms with E-state index in [4.69, 9.17) is 26.6 Å². The van der Waals surface area contributed by atoms with E-state index in [1.54, 1.807) is 30.1 Å². The van der Waals surface area contributed by atoms with Crippen LogP contribution in [0.1, 0.15) is 64.8 Å². The summed E-state index contributed by atoms with van der Waals surface area (Å²) >= 11 is 6.83. The Morgan fingerprint density at radius 1 is 1.09 bits per heavy atom. The molecule has 0 bridgehead atoms. The molecule has 4 aromatic heterocycles. The average molecular weight is 635 g/mol. The van der Waals surface area contributed by atoms with Gasteiger partial charge in [-0.05, 0) is 48.9 Å². The third-order valence-electron chi connectivity index (χ3n) is 8.02. The zero-order valence-electron chi connectivity index (χ0n) is 26.5. The zero-order valence-corrected chi connectivity index (χ0v) is 27.3. The normalized spacial score (nSPS) is 17.0. The van der Waals surface area contributed by atoms with Crippen molar-refractivity contribution < 1.29 is 13.8 Å². The molecule has 11 nitrogen and oxygen atoms in total. The molecule has 1 amide bonds. The number of aromatic nitrogens is 6. The number of fused-ring (bicyclic) bond motifs is 1. The Morgan fingerprint density at radius 2 is 1.76 bits per heavy atom. The van der Waals surface area contributed by atoms with Crippen LogP contribution in [0.4, 0.5) is 16.2 Å². The van der Waals surface area contributed by atoms with E-state index in [1.807, 2.05) is 46.4 Å². The number of nitrogens with one attached hydrogen (secondary N) is 1. The number of anilines is 2. The van der Waals surface area contributed by atoms with Crippen LogP contribution in [0, 0.1) is 5.95 Å². The van der Waals surface area contributed by atoms with E-state index in [0.717, 1.165) is 0 Å². The fourth-order valence-corrected chi connectivity index (χ4v) is 6.00. The lowest BCUT2D eigenvalue weighted by molar-refractivity contribution is -0.631. The summed E-state index contributed by atoms with van der Waals surface area (Å²) in [6.07, 6.45) is 2.82. The number of hydrogen-bond donors (Lipinski definition) is 1. The van der Waals surface area contributed by atoms with Gasteiger partial charge in [0.25, 0.3) is 11.6 Å². The second-order valence-electron chi connectivity index (χ2n) is 11.9. The maximum atomic E-state index is 15.1. The molecule has 0 aromatic carbocycles. The molecule has 0 radical (unpaired) electrons. The maximum absolute atomic E-state index is 15.1. The molecule has 1 aliphatic rings. The molecule has 0 spiro atoms. The van der Waals surface area contributed by atoms with Crippen molar-refractivity contribution in [3.8, 4) is 11.5 Å². The maximum Gasteiger partial charge on any atom is 0.357 e. The molecule has 1 aliphatic heterocycles. The van der Waals surface area contributed by atoms with Gasteiger partial charge in [-0.1, -0.05) is 51.9 Å². The van der Waals surface area contributed by atoms with Crippen molar-refractivity contribution in [2.75, 3.05) is 30.4 Å². The molecule has 2 unspecified atom stereocenters. The number of pyridine rings is 2. The number of carbonyl (C=O) groups excluding carboxylic acids is 1. The van der Waals surface area contributed by atoms with E-state index in [0.29, 0.717) is 47.3 Å². The first-order chi connectivity index (χ1) is 21.4. The van der Waals surface area contributed by atoms with Gasteiger partial charge in [-0.25, -0.2) is 19.3 Å². The highest BCUT2D eigenvalue weighted by atomic mass is 35.5. The quantitative estimate of drug-likeness (QED) is 0.179. The summed E-state index contributed by atoms with van der Waals surface area (Å²) in [5, 5.41) is 3.68. The van der Waals surface area contributed by atoms with Crippen LogP contribution in [0.5, 0.6) is 0 Å². The van der Waals surface area contributed by atoms with Crippen LogP contribution >= 0.6 is 11.6 Å². The Labute approximate surface area is 266 Å². The molecule has 0 saturated carbocycles. The van der Waals surface area contributed by atoms with Crippen LogP contribution < -0.4 is 20.5 Å². The molecule has 236 valence electrons. The smallest absolute Gasteiger partial charge is 0.357 e. The van der Waals surface area contributed by atoms with E-state index in [2.05, 4.69) is 16.9 Å². The molecule has 1 saturated heterocycles. The van der Waals surface area contributed by atoms with Crippen molar-refractivity contribution in [2.45, 2.75) is 65.5 Å². The van der Waals surface area contributed by atoms with E-state index < -0.39 is 11.6 Å². The van der Waals surface area contributed by atoms with Gasteiger partial charge in [0.05, 0.1) is 28.7 Å². The van der Waals surface area contributed by atoms with Crippen molar-refractivity contribution in [3.63, 3.8) is 0 Å². The summed E-state index contributed by atoms with van der Waals surface area (Å²) in [6.45, 7) is 16.3. The summed E-state index contributed by atoms with van der Waals surface area (Å²) in [5.41, 5.74) is 1.38. The highest BCUT2D eigenvalue weighted by molar-refractivity contribution is 6.32. The minimum absolute atomic E-state index is 0.0988. The Balaban J connectivity index is 1.88. The second kappa shape index (κ2) is 12.5. The number of hydrogen-bond acceptors (Lipinski definition) is 8. The Hall–Kier alpha value is -4.45. The summed E-state index contributed by atoms with van der Waals surface area (Å²) in [5.74, 6) is -0.0163. The zero-order chi connectivity index (χ0) is 32.7. The van der Waals surface area contributed by atoms with E-state index in [-0.39, 0.29) is 46.3 Å². The minimum Gasteiger partial charge on any atom is -0.357 e. The molecule has 0 aliphatic carbocycles. The number of nitrogens with zero attached hydrogens (tertiary/aromatic N) is 8. The molecule has 13 heteroatoms. The molecule has 5 rings (SSSR count). The van der Waals surface area contributed by atoms with Gasteiger partial charge < -0.3 is 15.1 Å². The Bertz CT molecular complexity index is 1830. The van der Waals surface area contributed by atoms with Crippen molar-refractivity contribution in [2.24, 2.45) is 0 Å². The van der Waals surface area contributed by atoms with Gasteiger partial charge >= 0.3 is 11.5 Å². The topological polar surface area (TPSA) is 113 Å². The number of rotatable bonds is 7. The van der Waals surface area contributed by atoms with Crippen LogP contribution in [0.3, 0.4) is 0 Å². The van der Waals surface area contributed by atoms with E-state index in [9.17, 15) is 9.59 Å². The summed E-state index contributed by atoms with van der Waals surface area (Å²) in [7, 11) is 1.74. The van der Waals surface area contributed by atoms with Gasteiger partial charge in [0.1, 0.15) is 10.8 Å². The van der Waals surface area contributed by atoms with Crippen molar-refractivity contribution >= 4 is 40.3 Å². The van der Waals surface area contributed by atoms with Gasteiger partial charge in [0.15, 0.2) is 0 Å². The first-order valence-electron chi connectivity index (χ1n) is 15.0. The molecule has 45 heavy (non-hydrogen) atoms. The number of amides is 1. The molecule has 5 heterocycles. The lowest BCUT2D eigenvalue weighted by atomic mass is 10.0. The molecule has 4 aromatic rings. The first kappa shape index (κ1) is 32.0. The van der Waals surface area contributed by atoms with Crippen LogP contribution in [-0.4, -0.2) is 67.5 Å². The predicted octanol–water partition coefficient (Wildman–Crippen LogP) is 4.54. The third kappa shape index (κ3) is 5.74. The average Bonchev–Trinajstić information content (AvgIpc) is 3.01. The first-order valence-corrected chi connectivity index (χ1v) is 15.3. The Kier molecular flexibility index (Phi) is 8.88. The lowest BCUT2D eigenvalue weighted by Crippen LogP contribution is -2.58. The number of piperazine rings is 1. The van der Waals surface area contributed by atoms with Crippen LogP contribution in [0.15, 0.2) is 47.9 Å². The van der Waals surface area contributed by atoms with Crippen molar-refractivity contribution in [3.05, 3.63) is 76.0 Å². The SMILES string of the molecule is C=CC(=O)N1CC(C)N(c2nc(=O)n(-c3c(C(C)C)nc(NC)nc3C(C)C)c3nc(-[n+]4ccccc4F)c(Cl)cc23)CC1C. The van der Waals surface area contributed by atoms with Crippen LogP contribution in [0.2, 0.25) is 5.02 Å². The molecular weight excluding hydrogens is 597 g/mol. The van der Waals surface area contributed by atoms with E-state index in [1.165, 1.54) is 27.5 Å². The minimum atomic E-state index is -0.592. The van der Waals surface area contributed by atoms with Crippen LogP contribution in [-0.2, 0) is 4.79 Å². The number of halogens is 2. The molecule has 1 N–H and O–H groups in total. The van der Waals surface area contributed by atoms with Crippen LogP contribution in [0.25, 0.3) is 22.5 Å². The third-order valence-corrected chi connectivity index (χ3v) is 8.29. The standard InChI is InChI=1S/C32H38ClFN9O2/c1-9-24(44)41-15-20(7)42(16-19(41)6)28-21-14-22(33)30(40-13-11-10-12-23(40)34)38-29(21)43(32(45)39-28)27-25(17(2)3)36-31(35-8)37-26(27)18(4)5/h9-14,17-20H,1,15-16H2,2-8H3,(H,35,36,37)/q+1. The fraction of sp³-hybridized carbons (Fsp3) is 0.406. The summed E-state index contributed by atoms with van der Waals surface area (Å²) in [6, 6.07) is 5.82. The van der Waals surface area contributed by atoms with Gasteiger partial charge in [-0.15, -0.1) is 0 Å². The summed E-state index contributed by atoms with van der Waals surface area (Å²) < 4.78 is 17.7. The molecule has 2 atom stereocenters. The van der Waals surface area contributed by atoms with Gasteiger partial charge in [-0.2, -0.15) is 13.9 Å². The van der Waals surface area contributed by atoms with Gasteiger partial charge in [0, 0.05) is 38.3 Å². The number of carbonyl (C=O) groups is 1. The highest BCUT2D eigenvalue weighted by Gasteiger charge is 2.36. The predicted molar refractivity (Wildman–Crippen MR) is 173 cm³/mol. The van der Waals surface area contributed by atoms with E-state index >= 15 is 4.39 Å². The fourth-order valence-electron chi connectivity index (χ4n) is 5.76. The highest BCUT2D eigenvalue weighted by Crippen LogP contribution is 2.35. The Morgan fingerprint density at radius 3 is 2.33 bits per heavy atom. The van der Waals surface area contributed by atoms with Crippen molar-refractivity contribution in [1.29, 1.82) is 0 Å². The van der Waals surface area contributed by atoms with Crippen molar-refractivity contribution in [1.82, 2.24) is 29.4 Å². The second-order valence-corrected chi connectivity index (χ2v) is 12.3. The lowest BCUT2D eigenvalue weighted by Gasteiger charge is -2.44.